The highest BCUT2D eigenvalue weighted by Gasteiger charge is 2.59. The number of fused-ring (bicyclic) bond motifs is 5. The summed E-state index contributed by atoms with van der Waals surface area (Å²) in [5, 5.41) is 10.2. The molecule has 3 saturated carbocycles. The van der Waals surface area contributed by atoms with E-state index in [1.165, 1.54) is 57.8 Å². The van der Waals surface area contributed by atoms with Crippen molar-refractivity contribution in [2.75, 3.05) is 0 Å². The third-order valence-electron chi connectivity index (χ3n) is 10.3. The van der Waals surface area contributed by atoms with Gasteiger partial charge in [0.05, 0.1) is 6.10 Å². The first-order chi connectivity index (χ1) is 13.3. The first-order valence-electron chi connectivity index (χ1n) is 12.6. The molecule has 0 aromatic carbocycles. The summed E-state index contributed by atoms with van der Waals surface area (Å²) in [5.41, 5.74) is 2.60. The summed E-state index contributed by atoms with van der Waals surface area (Å²) in [6, 6.07) is 0. The molecule has 0 spiro atoms. The molecule has 0 amide bonds. The largest absolute Gasteiger partial charge is 0.393 e. The van der Waals surface area contributed by atoms with Gasteiger partial charge in [-0.1, -0.05) is 65.5 Å². The van der Waals surface area contributed by atoms with Gasteiger partial charge in [0.2, 0.25) is 0 Å². The van der Waals surface area contributed by atoms with Gasteiger partial charge in [-0.15, -0.1) is 0 Å². The molecule has 28 heavy (non-hydrogen) atoms. The Hall–Kier alpha value is -0.300. The quantitative estimate of drug-likeness (QED) is 0.488. The molecule has 1 nitrogen and oxygen atoms in total. The fraction of sp³-hybridized carbons (Fsp3) is 0.926. The molecule has 160 valence electrons. The lowest BCUT2D eigenvalue weighted by Crippen LogP contribution is -2.50. The SMILES string of the molecule is CC(C)CCC[C@@H](C)[C@@H]1CC[C@H]2[C@@H]3CC=C4CC(O)CC[C@@]4(C)[C@@H]3CC[C@@]21C. The highest BCUT2D eigenvalue weighted by molar-refractivity contribution is 5.25. The van der Waals surface area contributed by atoms with E-state index >= 15 is 0 Å². The maximum absolute atomic E-state index is 10.2. The average Bonchev–Trinajstić information content (AvgIpc) is 2.99. The highest BCUT2D eigenvalue weighted by Crippen LogP contribution is 2.67. The van der Waals surface area contributed by atoms with E-state index in [2.05, 4.69) is 40.7 Å². The van der Waals surface area contributed by atoms with E-state index in [4.69, 9.17) is 0 Å². The van der Waals surface area contributed by atoms with Gasteiger partial charge in [0.25, 0.3) is 0 Å². The zero-order chi connectivity index (χ0) is 20.1. The lowest BCUT2D eigenvalue weighted by Gasteiger charge is -2.58. The Balaban J connectivity index is 1.49. The van der Waals surface area contributed by atoms with Crippen molar-refractivity contribution in [2.24, 2.45) is 46.3 Å². The highest BCUT2D eigenvalue weighted by atomic mass is 16.3. The van der Waals surface area contributed by atoms with Crippen molar-refractivity contribution < 1.29 is 5.11 Å². The summed E-state index contributed by atoms with van der Waals surface area (Å²) in [4.78, 5) is 0. The molecule has 0 bridgehead atoms. The van der Waals surface area contributed by atoms with Gasteiger partial charge in [-0.2, -0.15) is 0 Å². The Labute approximate surface area is 174 Å². The molecule has 4 aliphatic carbocycles. The van der Waals surface area contributed by atoms with Gasteiger partial charge in [-0.05, 0) is 97.7 Å². The molecule has 0 aromatic rings. The van der Waals surface area contributed by atoms with Gasteiger partial charge in [0.1, 0.15) is 0 Å². The molecule has 1 heteroatoms. The van der Waals surface area contributed by atoms with Crippen molar-refractivity contribution in [3.63, 3.8) is 0 Å². The van der Waals surface area contributed by atoms with Crippen molar-refractivity contribution in [1.29, 1.82) is 0 Å². The van der Waals surface area contributed by atoms with E-state index in [0.717, 1.165) is 48.3 Å². The van der Waals surface area contributed by atoms with E-state index in [1.807, 2.05) is 0 Å². The average molecular weight is 387 g/mol. The molecule has 1 unspecified atom stereocenters. The van der Waals surface area contributed by atoms with Crippen LogP contribution in [0.15, 0.2) is 11.6 Å². The number of hydrogen-bond donors (Lipinski definition) is 1. The fourth-order valence-electron chi connectivity index (χ4n) is 8.67. The Bertz CT molecular complexity index is 591. The number of aliphatic hydroxyl groups is 1. The summed E-state index contributed by atoms with van der Waals surface area (Å²) < 4.78 is 0. The van der Waals surface area contributed by atoms with Crippen LogP contribution in [0.5, 0.6) is 0 Å². The number of aliphatic hydroxyl groups excluding tert-OH is 1. The monoisotopic (exact) mass is 386 g/mol. The molecule has 4 aliphatic rings. The molecular formula is C27H46O. The second-order valence-corrected chi connectivity index (χ2v) is 12.2. The van der Waals surface area contributed by atoms with Crippen LogP contribution in [0, 0.1) is 46.3 Å². The zero-order valence-corrected chi connectivity index (χ0v) is 19.3. The molecule has 0 radical (unpaired) electrons. The normalized spacial score (nSPS) is 46.5. The van der Waals surface area contributed by atoms with Crippen molar-refractivity contribution in [3.8, 4) is 0 Å². The Morgan fingerprint density at radius 1 is 1.00 bits per heavy atom. The van der Waals surface area contributed by atoms with Gasteiger partial charge < -0.3 is 5.11 Å². The van der Waals surface area contributed by atoms with Gasteiger partial charge in [0.15, 0.2) is 0 Å². The minimum atomic E-state index is -0.0766. The van der Waals surface area contributed by atoms with Crippen molar-refractivity contribution in [2.45, 2.75) is 111 Å². The lowest BCUT2D eigenvalue weighted by molar-refractivity contribution is -0.0573. The maximum Gasteiger partial charge on any atom is 0.0577 e. The molecule has 0 aliphatic heterocycles. The van der Waals surface area contributed by atoms with E-state index in [9.17, 15) is 5.11 Å². The zero-order valence-electron chi connectivity index (χ0n) is 19.3. The van der Waals surface area contributed by atoms with Gasteiger partial charge in [-0.25, -0.2) is 0 Å². The maximum atomic E-state index is 10.2. The number of hydrogen-bond acceptors (Lipinski definition) is 1. The molecule has 1 N–H and O–H groups in total. The minimum Gasteiger partial charge on any atom is -0.393 e. The molecule has 3 fully saturated rings. The van der Waals surface area contributed by atoms with Crippen LogP contribution in [-0.4, -0.2) is 11.2 Å². The topological polar surface area (TPSA) is 20.2 Å². The number of allylic oxidation sites excluding steroid dienone is 1. The predicted molar refractivity (Wildman–Crippen MR) is 119 cm³/mol. The third kappa shape index (κ3) is 3.42. The van der Waals surface area contributed by atoms with Gasteiger partial charge >= 0.3 is 0 Å². The smallest absolute Gasteiger partial charge is 0.0577 e. The Kier molecular flexibility index (Phi) is 5.80. The van der Waals surface area contributed by atoms with Crippen LogP contribution in [0.2, 0.25) is 0 Å². The van der Waals surface area contributed by atoms with E-state index in [-0.39, 0.29) is 6.10 Å². The summed E-state index contributed by atoms with van der Waals surface area (Å²) in [6.45, 7) is 12.6. The molecule has 0 saturated heterocycles. The van der Waals surface area contributed by atoms with Crippen LogP contribution in [0.1, 0.15) is 105 Å². The molecule has 8 atom stereocenters. The molecule has 4 rings (SSSR count). The van der Waals surface area contributed by atoms with Gasteiger partial charge in [0, 0.05) is 0 Å². The predicted octanol–water partition coefficient (Wildman–Crippen LogP) is 7.39. The first-order valence-corrected chi connectivity index (χ1v) is 12.6. The molecule has 0 aromatic heterocycles. The van der Waals surface area contributed by atoms with Crippen molar-refractivity contribution in [1.82, 2.24) is 0 Å². The lowest BCUT2D eigenvalue weighted by atomic mass is 9.47. The van der Waals surface area contributed by atoms with Crippen LogP contribution in [0.4, 0.5) is 0 Å². The van der Waals surface area contributed by atoms with Gasteiger partial charge in [-0.3, -0.25) is 0 Å². The van der Waals surface area contributed by atoms with E-state index < -0.39 is 0 Å². The summed E-state index contributed by atoms with van der Waals surface area (Å²) in [5.74, 6) is 5.46. The third-order valence-corrected chi connectivity index (χ3v) is 10.3. The van der Waals surface area contributed by atoms with Crippen LogP contribution in [-0.2, 0) is 0 Å². The summed E-state index contributed by atoms with van der Waals surface area (Å²) in [6.07, 6.45) is 17.2. The summed E-state index contributed by atoms with van der Waals surface area (Å²) in [7, 11) is 0. The second-order valence-electron chi connectivity index (χ2n) is 12.2. The Morgan fingerprint density at radius 3 is 2.54 bits per heavy atom. The van der Waals surface area contributed by atoms with E-state index in [0.29, 0.717) is 10.8 Å². The fourth-order valence-corrected chi connectivity index (χ4v) is 8.67. The van der Waals surface area contributed by atoms with Crippen LogP contribution < -0.4 is 0 Å². The van der Waals surface area contributed by atoms with Crippen molar-refractivity contribution in [3.05, 3.63) is 11.6 Å². The first kappa shape index (κ1) is 21.0. The molecular weight excluding hydrogens is 340 g/mol. The van der Waals surface area contributed by atoms with E-state index in [1.54, 1.807) is 5.57 Å². The summed E-state index contributed by atoms with van der Waals surface area (Å²) >= 11 is 0. The van der Waals surface area contributed by atoms with Crippen LogP contribution >= 0.6 is 0 Å². The Morgan fingerprint density at radius 2 is 1.79 bits per heavy atom. The van der Waals surface area contributed by atoms with Crippen molar-refractivity contribution >= 4 is 0 Å². The van der Waals surface area contributed by atoms with Crippen LogP contribution in [0.25, 0.3) is 0 Å². The van der Waals surface area contributed by atoms with Crippen LogP contribution in [0.3, 0.4) is 0 Å². The second kappa shape index (κ2) is 7.75. The number of rotatable bonds is 5. The molecule has 0 heterocycles. The standard InChI is InChI=1S/C27H46O/c1-18(2)7-6-8-19(3)23-11-12-24-22-10-9-20-17-21(28)13-15-26(20,4)25(22)14-16-27(23,24)5/h9,18-19,21-25,28H,6-8,10-17H2,1-5H3/t19-,21?,22+,23+,24+,25-,26-,27-/m1/s1. The minimum absolute atomic E-state index is 0.0766.